The SMILES string of the molecule is [N-]=[N+]=NCC(O)C(O)c1c(F)cccc1I. The highest BCUT2D eigenvalue weighted by Crippen LogP contribution is 2.25. The number of benzene rings is 1. The van der Waals surface area contributed by atoms with Crippen LogP contribution in [0.25, 0.3) is 10.4 Å². The molecule has 5 nitrogen and oxygen atoms in total. The molecular weight excluding hydrogens is 328 g/mol. The van der Waals surface area contributed by atoms with Gasteiger partial charge in [0.2, 0.25) is 0 Å². The van der Waals surface area contributed by atoms with E-state index in [9.17, 15) is 14.6 Å². The van der Waals surface area contributed by atoms with Crippen LogP contribution in [0.5, 0.6) is 0 Å². The lowest BCUT2D eigenvalue weighted by Gasteiger charge is -2.18. The van der Waals surface area contributed by atoms with Gasteiger partial charge < -0.3 is 10.2 Å². The molecule has 0 aliphatic heterocycles. The third kappa shape index (κ3) is 3.05. The van der Waals surface area contributed by atoms with Gasteiger partial charge in [-0.15, -0.1) is 0 Å². The Kier molecular flexibility index (Phi) is 4.94. The Morgan fingerprint density at radius 1 is 1.50 bits per heavy atom. The number of halogens is 2. The summed E-state index contributed by atoms with van der Waals surface area (Å²) in [4.78, 5) is 2.45. The van der Waals surface area contributed by atoms with Crippen LogP contribution < -0.4 is 0 Å². The molecule has 2 N–H and O–H groups in total. The molecule has 7 heteroatoms. The van der Waals surface area contributed by atoms with Gasteiger partial charge in [0, 0.05) is 14.0 Å². The molecule has 0 amide bonds. The molecule has 0 aromatic heterocycles. The zero-order chi connectivity index (χ0) is 12.1. The molecule has 2 unspecified atom stereocenters. The van der Waals surface area contributed by atoms with Crippen molar-refractivity contribution in [2.24, 2.45) is 5.11 Å². The smallest absolute Gasteiger partial charge is 0.130 e. The van der Waals surface area contributed by atoms with E-state index >= 15 is 0 Å². The Morgan fingerprint density at radius 2 is 2.19 bits per heavy atom. The van der Waals surface area contributed by atoms with Crippen LogP contribution in [0.15, 0.2) is 23.3 Å². The molecule has 16 heavy (non-hydrogen) atoms. The summed E-state index contributed by atoms with van der Waals surface area (Å²) in [6.07, 6.45) is -2.72. The zero-order valence-electron chi connectivity index (χ0n) is 8.09. The summed E-state index contributed by atoms with van der Waals surface area (Å²) in [6, 6.07) is 4.32. The highest BCUT2D eigenvalue weighted by Gasteiger charge is 2.23. The Morgan fingerprint density at radius 3 is 2.75 bits per heavy atom. The van der Waals surface area contributed by atoms with E-state index < -0.39 is 18.0 Å². The molecule has 0 spiro atoms. The minimum absolute atomic E-state index is 0.0174. The van der Waals surface area contributed by atoms with Gasteiger partial charge in [-0.25, -0.2) is 4.39 Å². The van der Waals surface area contributed by atoms with Crippen LogP contribution in [0.2, 0.25) is 0 Å². The quantitative estimate of drug-likeness (QED) is 0.381. The van der Waals surface area contributed by atoms with E-state index in [1.165, 1.54) is 12.1 Å². The summed E-state index contributed by atoms with van der Waals surface area (Å²) in [5.74, 6) is -0.598. The van der Waals surface area contributed by atoms with Crippen molar-refractivity contribution >= 4 is 22.6 Å². The largest absolute Gasteiger partial charge is 0.390 e. The second-order valence-electron chi connectivity index (χ2n) is 3.06. The number of nitrogens with zero attached hydrogens (tertiary/aromatic N) is 3. The van der Waals surface area contributed by atoms with Crippen molar-refractivity contribution in [1.29, 1.82) is 0 Å². The molecule has 0 heterocycles. The van der Waals surface area contributed by atoms with Gasteiger partial charge in [0.25, 0.3) is 0 Å². The van der Waals surface area contributed by atoms with Gasteiger partial charge in [-0.2, -0.15) is 0 Å². The maximum atomic E-state index is 13.4. The summed E-state index contributed by atoms with van der Waals surface area (Å²) in [5, 5.41) is 22.3. The second kappa shape index (κ2) is 6.00. The predicted molar refractivity (Wildman–Crippen MR) is 64.1 cm³/mol. The van der Waals surface area contributed by atoms with Crippen LogP contribution in [0.4, 0.5) is 4.39 Å². The summed E-state index contributed by atoms with van der Waals surface area (Å²) < 4.78 is 13.9. The fourth-order valence-corrected chi connectivity index (χ4v) is 1.99. The Bertz CT molecular complexity index is 403. The van der Waals surface area contributed by atoms with Crippen molar-refractivity contribution in [2.75, 3.05) is 6.54 Å². The fourth-order valence-electron chi connectivity index (χ4n) is 1.21. The normalized spacial score (nSPS) is 14.0. The molecule has 0 bridgehead atoms. The molecule has 0 aliphatic rings. The summed E-state index contributed by atoms with van der Waals surface area (Å²) in [5.41, 5.74) is 8.08. The minimum atomic E-state index is -1.40. The molecule has 0 saturated heterocycles. The number of hydrogen-bond donors (Lipinski definition) is 2. The van der Waals surface area contributed by atoms with Crippen LogP contribution in [0.3, 0.4) is 0 Å². The van der Waals surface area contributed by atoms with Crippen LogP contribution >= 0.6 is 22.6 Å². The number of aliphatic hydroxyl groups excluding tert-OH is 2. The zero-order valence-corrected chi connectivity index (χ0v) is 10.2. The highest BCUT2D eigenvalue weighted by molar-refractivity contribution is 14.1. The summed E-state index contributed by atoms with van der Waals surface area (Å²) in [7, 11) is 0. The van der Waals surface area contributed by atoms with Crippen molar-refractivity contribution in [3.05, 3.63) is 43.6 Å². The van der Waals surface area contributed by atoms with Crippen molar-refractivity contribution in [2.45, 2.75) is 12.2 Å². The molecule has 86 valence electrons. The van der Waals surface area contributed by atoms with Crippen LogP contribution in [0.1, 0.15) is 11.7 Å². The lowest BCUT2D eigenvalue weighted by molar-refractivity contribution is 0.0217. The molecule has 0 radical (unpaired) electrons. The molecule has 0 saturated carbocycles. The number of hydrogen-bond acceptors (Lipinski definition) is 3. The van der Waals surface area contributed by atoms with Crippen LogP contribution in [-0.4, -0.2) is 22.9 Å². The second-order valence-corrected chi connectivity index (χ2v) is 4.22. The van der Waals surface area contributed by atoms with Crippen molar-refractivity contribution in [3.63, 3.8) is 0 Å². The predicted octanol–water partition coefficient (Wildman–Crippen LogP) is 2.13. The van der Waals surface area contributed by atoms with E-state index in [1.54, 1.807) is 6.07 Å². The fraction of sp³-hybridized carbons (Fsp3) is 0.333. The van der Waals surface area contributed by atoms with Gasteiger partial charge in [0.15, 0.2) is 0 Å². The van der Waals surface area contributed by atoms with Crippen LogP contribution in [0, 0.1) is 9.39 Å². The third-order valence-electron chi connectivity index (χ3n) is 1.99. The Balaban J connectivity index is 2.95. The molecule has 1 rings (SSSR count). The van der Waals surface area contributed by atoms with E-state index in [0.717, 1.165) is 0 Å². The maximum Gasteiger partial charge on any atom is 0.130 e. The van der Waals surface area contributed by atoms with Gasteiger partial charge in [0.1, 0.15) is 11.9 Å². The molecule has 1 aromatic carbocycles. The first-order chi connectivity index (χ1) is 7.57. The number of azide groups is 1. The van der Waals surface area contributed by atoms with Gasteiger partial charge in [0.05, 0.1) is 12.6 Å². The van der Waals surface area contributed by atoms with E-state index in [0.29, 0.717) is 3.57 Å². The standard InChI is InChI=1S/C9H9FIN3O2/c10-5-2-1-3-6(11)8(5)9(16)7(15)4-13-14-12/h1-3,7,9,15-16H,4H2. The van der Waals surface area contributed by atoms with E-state index in [1.807, 2.05) is 22.6 Å². The molecule has 0 fully saturated rings. The lowest BCUT2D eigenvalue weighted by atomic mass is 10.0. The van der Waals surface area contributed by atoms with E-state index in [-0.39, 0.29) is 12.1 Å². The first kappa shape index (κ1) is 13.2. The summed E-state index contributed by atoms with van der Waals surface area (Å²) in [6.45, 7) is -0.303. The van der Waals surface area contributed by atoms with Crippen molar-refractivity contribution in [3.8, 4) is 0 Å². The van der Waals surface area contributed by atoms with Gasteiger partial charge in [-0.3, -0.25) is 0 Å². The first-order valence-electron chi connectivity index (χ1n) is 4.38. The first-order valence-corrected chi connectivity index (χ1v) is 5.46. The highest BCUT2D eigenvalue weighted by atomic mass is 127. The van der Waals surface area contributed by atoms with Gasteiger partial charge in [-0.1, -0.05) is 11.2 Å². The van der Waals surface area contributed by atoms with Crippen molar-refractivity contribution in [1.82, 2.24) is 0 Å². The third-order valence-corrected chi connectivity index (χ3v) is 2.93. The number of aliphatic hydroxyl groups is 2. The average Bonchev–Trinajstić information content (AvgIpc) is 2.25. The van der Waals surface area contributed by atoms with Crippen molar-refractivity contribution < 1.29 is 14.6 Å². The van der Waals surface area contributed by atoms with E-state index in [4.69, 9.17) is 5.53 Å². The van der Waals surface area contributed by atoms with Gasteiger partial charge >= 0.3 is 0 Å². The number of rotatable bonds is 4. The topological polar surface area (TPSA) is 89.2 Å². The Labute approximate surface area is 105 Å². The van der Waals surface area contributed by atoms with Gasteiger partial charge in [-0.05, 0) is 40.3 Å². The van der Waals surface area contributed by atoms with Crippen LogP contribution in [-0.2, 0) is 0 Å². The summed E-state index contributed by atoms with van der Waals surface area (Å²) >= 11 is 1.86. The molecular formula is C9H9FIN3O2. The Hall–Kier alpha value is -0.890. The van der Waals surface area contributed by atoms with E-state index in [2.05, 4.69) is 10.0 Å². The molecule has 2 atom stereocenters. The minimum Gasteiger partial charge on any atom is -0.390 e. The lowest BCUT2D eigenvalue weighted by Crippen LogP contribution is -2.23. The monoisotopic (exact) mass is 337 g/mol. The average molecular weight is 337 g/mol. The molecule has 0 aliphatic carbocycles. The molecule has 1 aromatic rings. The maximum absolute atomic E-state index is 13.4.